The van der Waals surface area contributed by atoms with E-state index in [1.807, 2.05) is 36.4 Å². The van der Waals surface area contributed by atoms with E-state index in [4.69, 9.17) is 0 Å². The number of benzene rings is 2. The molecule has 0 saturated heterocycles. The van der Waals surface area contributed by atoms with Gasteiger partial charge in [0.1, 0.15) is 12.7 Å². The molecule has 0 saturated carbocycles. The van der Waals surface area contributed by atoms with E-state index >= 15 is 0 Å². The summed E-state index contributed by atoms with van der Waals surface area (Å²) in [6, 6.07) is 15.2. The minimum absolute atomic E-state index is 0.126. The molecule has 0 radical (unpaired) electrons. The van der Waals surface area contributed by atoms with Gasteiger partial charge in [-0.05, 0) is 48.4 Å². The summed E-state index contributed by atoms with van der Waals surface area (Å²) < 4.78 is 1.65. The second kappa shape index (κ2) is 6.87. The van der Waals surface area contributed by atoms with Crippen LogP contribution in [-0.4, -0.2) is 20.7 Å². The molecule has 0 aliphatic heterocycles. The molecule has 0 bridgehead atoms. The lowest BCUT2D eigenvalue weighted by Crippen LogP contribution is -2.12. The number of rotatable bonds is 5. The van der Waals surface area contributed by atoms with Crippen molar-refractivity contribution in [1.29, 1.82) is 0 Å². The SMILES string of the molecule is CCCc1ccc(NC(=O)c2ccc(-n3cncn3)cc2)cc1. The smallest absolute Gasteiger partial charge is 0.255 e. The Labute approximate surface area is 135 Å². The fourth-order valence-corrected chi connectivity index (χ4v) is 2.35. The molecule has 0 aliphatic carbocycles. The summed E-state index contributed by atoms with van der Waals surface area (Å²) in [5, 5.41) is 6.97. The van der Waals surface area contributed by atoms with Gasteiger partial charge in [-0.3, -0.25) is 4.79 Å². The van der Waals surface area contributed by atoms with Crippen LogP contribution >= 0.6 is 0 Å². The zero-order chi connectivity index (χ0) is 16.1. The van der Waals surface area contributed by atoms with Gasteiger partial charge in [0.2, 0.25) is 0 Å². The van der Waals surface area contributed by atoms with Crippen LogP contribution in [0.5, 0.6) is 0 Å². The van der Waals surface area contributed by atoms with E-state index in [1.54, 1.807) is 23.1 Å². The third-order valence-corrected chi connectivity index (χ3v) is 3.56. The van der Waals surface area contributed by atoms with E-state index in [-0.39, 0.29) is 5.91 Å². The fraction of sp³-hybridized carbons (Fsp3) is 0.167. The molecule has 1 N–H and O–H groups in total. The van der Waals surface area contributed by atoms with Crippen molar-refractivity contribution in [2.45, 2.75) is 19.8 Å². The van der Waals surface area contributed by atoms with Crippen molar-refractivity contribution in [3.8, 4) is 5.69 Å². The van der Waals surface area contributed by atoms with Gasteiger partial charge in [-0.15, -0.1) is 0 Å². The minimum Gasteiger partial charge on any atom is -0.322 e. The lowest BCUT2D eigenvalue weighted by Gasteiger charge is -2.07. The van der Waals surface area contributed by atoms with Crippen molar-refractivity contribution in [1.82, 2.24) is 14.8 Å². The third-order valence-electron chi connectivity index (χ3n) is 3.56. The molecule has 1 aromatic heterocycles. The molecule has 0 atom stereocenters. The number of carbonyl (C=O) groups is 1. The van der Waals surface area contributed by atoms with E-state index < -0.39 is 0 Å². The highest BCUT2D eigenvalue weighted by molar-refractivity contribution is 6.04. The van der Waals surface area contributed by atoms with Crippen molar-refractivity contribution >= 4 is 11.6 Å². The first-order valence-electron chi connectivity index (χ1n) is 7.61. The lowest BCUT2D eigenvalue weighted by molar-refractivity contribution is 0.102. The maximum atomic E-state index is 12.3. The Morgan fingerprint density at radius 2 is 1.83 bits per heavy atom. The van der Waals surface area contributed by atoms with Gasteiger partial charge >= 0.3 is 0 Å². The van der Waals surface area contributed by atoms with E-state index in [0.29, 0.717) is 5.56 Å². The number of amides is 1. The molecule has 3 rings (SSSR count). The number of aryl methyl sites for hydroxylation is 1. The molecule has 5 heteroatoms. The lowest BCUT2D eigenvalue weighted by atomic mass is 10.1. The summed E-state index contributed by atoms with van der Waals surface area (Å²) in [5.41, 5.74) is 3.55. The molecule has 0 unspecified atom stereocenters. The summed E-state index contributed by atoms with van der Waals surface area (Å²) in [5.74, 6) is -0.126. The first kappa shape index (κ1) is 15.0. The predicted octanol–water partition coefficient (Wildman–Crippen LogP) is 3.47. The van der Waals surface area contributed by atoms with Crippen molar-refractivity contribution in [2.24, 2.45) is 0 Å². The molecule has 116 valence electrons. The van der Waals surface area contributed by atoms with E-state index in [9.17, 15) is 4.79 Å². The van der Waals surface area contributed by atoms with Gasteiger partial charge in [-0.1, -0.05) is 25.5 Å². The number of anilines is 1. The summed E-state index contributed by atoms with van der Waals surface area (Å²) in [7, 11) is 0. The summed E-state index contributed by atoms with van der Waals surface area (Å²) in [6.07, 6.45) is 5.26. The maximum absolute atomic E-state index is 12.3. The number of aromatic nitrogens is 3. The molecule has 0 spiro atoms. The summed E-state index contributed by atoms with van der Waals surface area (Å²) >= 11 is 0. The number of hydrogen-bond donors (Lipinski definition) is 1. The van der Waals surface area contributed by atoms with Crippen LogP contribution in [0.3, 0.4) is 0 Å². The molecule has 23 heavy (non-hydrogen) atoms. The van der Waals surface area contributed by atoms with Gasteiger partial charge in [0, 0.05) is 11.3 Å². The first-order chi connectivity index (χ1) is 11.3. The molecule has 5 nitrogen and oxygen atoms in total. The number of hydrogen-bond acceptors (Lipinski definition) is 3. The Kier molecular flexibility index (Phi) is 4.47. The van der Waals surface area contributed by atoms with Crippen LogP contribution in [0.4, 0.5) is 5.69 Å². The number of nitrogens with zero attached hydrogens (tertiary/aromatic N) is 3. The molecule has 2 aromatic carbocycles. The molecule has 0 fully saturated rings. The Hall–Kier alpha value is -2.95. The quantitative estimate of drug-likeness (QED) is 0.785. The average molecular weight is 306 g/mol. The average Bonchev–Trinajstić information content (AvgIpc) is 3.11. The number of carbonyl (C=O) groups excluding carboxylic acids is 1. The van der Waals surface area contributed by atoms with E-state index in [0.717, 1.165) is 24.2 Å². The van der Waals surface area contributed by atoms with Crippen molar-refractivity contribution in [3.05, 3.63) is 72.3 Å². The second-order valence-corrected chi connectivity index (χ2v) is 5.29. The summed E-state index contributed by atoms with van der Waals surface area (Å²) in [6.45, 7) is 2.15. The van der Waals surface area contributed by atoms with Crippen LogP contribution in [0.2, 0.25) is 0 Å². The van der Waals surface area contributed by atoms with Gasteiger partial charge in [-0.25, -0.2) is 9.67 Å². The molecule has 1 amide bonds. The van der Waals surface area contributed by atoms with E-state index in [1.165, 1.54) is 11.9 Å². The second-order valence-electron chi connectivity index (χ2n) is 5.29. The fourth-order valence-electron chi connectivity index (χ4n) is 2.35. The van der Waals surface area contributed by atoms with E-state index in [2.05, 4.69) is 22.3 Å². The highest BCUT2D eigenvalue weighted by atomic mass is 16.1. The van der Waals surface area contributed by atoms with Gasteiger partial charge in [0.15, 0.2) is 0 Å². The standard InChI is InChI=1S/C18H18N4O/c1-2-3-14-4-8-16(9-5-14)21-18(23)15-6-10-17(11-7-15)22-13-19-12-20-22/h4-13H,2-3H2,1H3,(H,21,23). The van der Waals surface area contributed by atoms with Crippen LogP contribution < -0.4 is 5.32 Å². The largest absolute Gasteiger partial charge is 0.322 e. The van der Waals surface area contributed by atoms with Gasteiger partial charge < -0.3 is 5.32 Å². The Morgan fingerprint density at radius 3 is 2.43 bits per heavy atom. The van der Waals surface area contributed by atoms with Crippen molar-refractivity contribution in [2.75, 3.05) is 5.32 Å². The predicted molar refractivity (Wildman–Crippen MR) is 89.7 cm³/mol. The Morgan fingerprint density at radius 1 is 1.09 bits per heavy atom. The zero-order valence-corrected chi connectivity index (χ0v) is 12.9. The topological polar surface area (TPSA) is 59.8 Å². The normalized spacial score (nSPS) is 10.5. The monoisotopic (exact) mass is 306 g/mol. The summed E-state index contributed by atoms with van der Waals surface area (Å²) in [4.78, 5) is 16.2. The van der Waals surface area contributed by atoms with Crippen LogP contribution in [0.1, 0.15) is 29.3 Å². The number of nitrogens with one attached hydrogen (secondary N) is 1. The molecular weight excluding hydrogens is 288 g/mol. The van der Waals surface area contributed by atoms with Crippen molar-refractivity contribution < 1.29 is 4.79 Å². The Balaban J connectivity index is 1.68. The van der Waals surface area contributed by atoms with Gasteiger partial charge in [-0.2, -0.15) is 5.10 Å². The zero-order valence-electron chi connectivity index (χ0n) is 12.9. The minimum atomic E-state index is -0.126. The van der Waals surface area contributed by atoms with Crippen LogP contribution in [-0.2, 0) is 6.42 Å². The Bertz CT molecular complexity index is 762. The van der Waals surface area contributed by atoms with Crippen LogP contribution in [0.15, 0.2) is 61.2 Å². The molecule has 0 aliphatic rings. The molecule has 3 aromatic rings. The molecule has 1 heterocycles. The molecular formula is C18H18N4O. The van der Waals surface area contributed by atoms with Crippen LogP contribution in [0.25, 0.3) is 5.69 Å². The van der Waals surface area contributed by atoms with Crippen LogP contribution in [0, 0.1) is 0 Å². The van der Waals surface area contributed by atoms with Gasteiger partial charge in [0.25, 0.3) is 5.91 Å². The third kappa shape index (κ3) is 3.63. The van der Waals surface area contributed by atoms with Crippen molar-refractivity contribution in [3.63, 3.8) is 0 Å². The first-order valence-corrected chi connectivity index (χ1v) is 7.61. The maximum Gasteiger partial charge on any atom is 0.255 e. The highest BCUT2D eigenvalue weighted by Gasteiger charge is 2.06. The highest BCUT2D eigenvalue weighted by Crippen LogP contribution is 2.14. The van der Waals surface area contributed by atoms with Gasteiger partial charge in [0.05, 0.1) is 5.69 Å².